The summed E-state index contributed by atoms with van der Waals surface area (Å²) in [5.41, 5.74) is 1.52. The Morgan fingerprint density at radius 3 is 2.34 bits per heavy atom. The average Bonchev–Trinajstić information content (AvgIpc) is 2.91. The molecule has 2 atom stereocenters. The predicted molar refractivity (Wildman–Crippen MR) is 146 cm³/mol. The third-order valence-electron chi connectivity index (χ3n) is 9.21. The molecule has 1 aromatic carbocycles. The van der Waals surface area contributed by atoms with E-state index in [0.717, 1.165) is 50.6 Å². The van der Waals surface area contributed by atoms with Crippen LogP contribution in [0.4, 0.5) is 10.5 Å². The molecule has 206 valence electrons. The Hall–Kier alpha value is -2.67. The number of carbonyl (C=O) groups excluding carboxylic acids is 3. The van der Waals surface area contributed by atoms with Crippen molar-refractivity contribution in [2.24, 2.45) is 23.2 Å². The molecule has 0 spiro atoms. The molecule has 1 heterocycles. The number of Topliss-reactive ketones (excluding diaryl/α,β-unsaturated/α-hetero) is 1. The van der Waals surface area contributed by atoms with E-state index < -0.39 is 12.2 Å². The molecule has 1 aliphatic heterocycles. The van der Waals surface area contributed by atoms with Gasteiger partial charge < -0.3 is 14.8 Å². The number of hydrogen-bond donors (Lipinski definition) is 2. The fourth-order valence-electron chi connectivity index (χ4n) is 7.75. The van der Waals surface area contributed by atoms with E-state index in [4.69, 9.17) is 9.47 Å². The number of ether oxygens (including phenoxy) is 2. The zero-order valence-electron chi connectivity index (χ0n) is 22.4. The molecule has 4 aliphatic carbocycles. The zero-order valence-corrected chi connectivity index (χ0v) is 22.4. The van der Waals surface area contributed by atoms with E-state index in [-0.39, 0.29) is 24.0 Å². The van der Waals surface area contributed by atoms with E-state index in [0.29, 0.717) is 48.5 Å². The number of anilines is 1. The van der Waals surface area contributed by atoms with Crippen LogP contribution in [0, 0.1) is 23.2 Å². The zero-order chi connectivity index (χ0) is 26.5. The molecule has 7 nitrogen and oxygen atoms in total. The van der Waals surface area contributed by atoms with Crippen LogP contribution in [0.25, 0.3) is 0 Å². The Morgan fingerprint density at radius 1 is 1.05 bits per heavy atom. The lowest BCUT2D eigenvalue weighted by Crippen LogP contribution is -2.51. The minimum atomic E-state index is -0.524. The lowest BCUT2D eigenvalue weighted by atomic mass is 9.48. The first-order valence-electron chi connectivity index (χ1n) is 14.5. The van der Waals surface area contributed by atoms with Gasteiger partial charge in [0.1, 0.15) is 24.5 Å². The molecular weight excluding hydrogens is 480 g/mol. The normalized spacial score (nSPS) is 30.3. The monoisotopic (exact) mass is 522 g/mol. The quantitative estimate of drug-likeness (QED) is 0.291. The summed E-state index contributed by atoms with van der Waals surface area (Å²) in [6, 6.07) is 7.29. The molecule has 38 heavy (non-hydrogen) atoms. The SMILES string of the molecule is C=CCOC(=O)Nc1ccc(CCC(CC(=O)C23CC4CC(CC(C4)C2)C3)OC(=O)[C@@H]2CCCCN2)cc1. The first-order chi connectivity index (χ1) is 18.4. The van der Waals surface area contributed by atoms with Crippen molar-refractivity contribution in [3.8, 4) is 0 Å². The molecule has 1 saturated heterocycles. The molecule has 2 N–H and O–H groups in total. The topological polar surface area (TPSA) is 93.7 Å². The van der Waals surface area contributed by atoms with Gasteiger partial charge in [-0.2, -0.15) is 0 Å². The number of hydrogen-bond acceptors (Lipinski definition) is 6. The van der Waals surface area contributed by atoms with Gasteiger partial charge in [0.05, 0.1) is 0 Å². The minimum absolute atomic E-state index is 0.155. The Morgan fingerprint density at radius 2 is 1.74 bits per heavy atom. The molecule has 7 heteroatoms. The molecule has 4 bridgehead atoms. The highest BCUT2D eigenvalue weighted by atomic mass is 16.5. The van der Waals surface area contributed by atoms with Gasteiger partial charge in [0.15, 0.2) is 0 Å². The Bertz CT molecular complexity index is 978. The Kier molecular flexibility index (Phi) is 8.51. The van der Waals surface area contributed by atoms with Gasteiger partial charge in [-0.25, -0.2) is 4.79 Å². The fourth-order valence-corrected chi connectivity index (χ4v) is 7.75. The summed E-state index contributed by atoms with van der Waals surface area (Å²) in [7, 11) is 0. The summed E-state index contributed by atoms with van der Waals surface area (Å²) in [5, 5.41) is 5.98. The summed E-state index contributed by atoms with van der Waals surface area (Å²) >= 11 is 0. The van der Waals surface area contributed by atoms with Crippen molar-refractivity contribution in [3.05, 3.63) is 42.5 Å². The number of carbonyl (C=O) groups is 3. The number of piperidine rings is 1. The van der Waals surface area contributed by atoms with Gasteiger partial charge in [0.2, 0.25) is 0 Å². The number of rotatable bonds is 11. The molecule has 1 aromatic rings. The van der Waals surface area contributed by atoms with Gasteiger partial charge >= 0.3 is 12.1 Å². The van der Waals surface area contributed by atoms with Crippen molar-refractivity contribution in [2.75, 3.05) is 18.5 Å². The molecule has 1 unspecified atom stereocenters. The van der Waals surface area contributed by atoms with Crippen molar-refractivity contribution in [1.29, 1.82) is 0 Å². The maximum atomic E-state index is 13.8. The number of amides is 1. The number of ketones is 1. The van der Waals surface area contributed by atoms with E-state index in [1.165, 1.54) is 25.3 Å². The largest absolute Gasteiger partial charge is 0.461 e. The molecule has 5 fully saturated rings. The Labute approximate surface area is 226 Å². The van der Waals surface area contributed by atoms with Gasteiger partial charge in [-0.05, 0) is 106 Å². The Balaban J connectivity index is 1.21. The summed E-state index contributed by atoms with van der Waals surface area (Å²) in [6.45, 7) is 4.52. The first-order valence-corrected chi connectivity index (χ1v) is 14.5. The van der Waals surface area contributed by atoms with E-state index in [1.54, 1.807) is 0 Å². The van der Waals surface area contributed by atoms with Crippen LogP contribution in [-0.4, -0.2) is 43.1 Å². The molecule has 1 amide bonds. The predicted octanol–water partition coefficient (Wildman–Crippen LogP) is 5.58. The molecule has 4 saturated carbocycles. The first kappa shape index (κ1) is 26.9. The fraction of sp³-hybridized carbons (Fsp3) is 0.645. The second-order valence-electron chi connectivity index (χ2n) is 12.1. The van der Waals surface area contributed by atoms with Crippen molar-refractivity contribution in [2.45, 2.75) is 89.2 Å². The summed E-state index contributed by atoms with van der Waals surface area (Å²) in [4.78, 5) is 38.6. The average molecular weight is 523 g/mol. The van der Waals surface area contributed by atoms with Crippen LogP contribution < -0.4 is 10.6 Å². The number of aryl methyl sites for hydroxylation is 1. The molecule has 6 rings (SSSR count). The van der Waals surface area contributed by atoms with Crippen molar-refractivity contribution in [3.63, 3.8) is 0 Å². The summed E-state index contributed by atoms with van der Waals surface area (Å²) in [6.07, 6.45) is 12.1. The lowest BCUT2D eigenvalue weighted by Gasteiger charge is -2.56. The molecule has 5 aliphatic rings. The van der Waals surface area contributed by atoms with Crippen LogP contribution in [0.3, 0.4) is 0 Å². The van der Waals surface area contributed by atoms with Gasteiger partial charge in [0, 0.05) is 17.5 Å². The number of esters is 1. The molecule has 0 aromatic heterocycles. The third kappa shape index (κ3) is 6.48. The van der Waals surface area contributed by atoms with Crippen LogP contribution in [-0.2, 0) is 25.5 Å². The van der Waals surface area contributed by atoms with Crippen LogP contribution in [0.15, 0.2) is 36.9 Å². The third-order valence-corrected chi connectivity index (χ3v) is 9.21. The standard InChI is InChI=1S/C31H42N2O5/c1-2-13-37-30(36)33-25-9-6-21(7-10-25)8-11-26(38-29(35)27-5-3-4-12-32-27)17-28(34)31-18-22-14-23(19-31)16-24(15-22)20-31/h2,6-7,9-10,22-24,26-27,32H,1,3-5,8,11-20H2,(H,33,36)/t22?,23?,24?,26?,27-,31?/m0/s1. The number of nitrogens with one attached hydrogen (secondary N) is 2. The molecule has 0 radical (unpaired) electrons. The van der Waals surface area contributed by atoms with Gasteiger partial charge in [-0.15, -0.1) is 0 Å². The highest BCUT2D eigenvalue weighted by Crippen LogP contribution is 2.60. The van der Waals surface area contributed by atoms with E-state index >= 15 is 0 Å². The van der Waals surface area contributed by atoms with Gasteiger partial charge in [-0.1, -0.05) is 31.2 Å². The van der Waals surface area contributed by atoms with Crippen LogP contribution >= 0.6 is 0 Å². The van der Waals surface area contributed by atoms with E-state index in [2.05, 4.69) is 17.2 Å². The van der Waals surface area contributed by atoms with Crippen molar-refractivity contribution >= 4 is 23.5 Å². The minimum Gasteiger partial charge on any atom is -0.461 e. The van der Waals surface area contributed by atoms with Crippen molar-refractivity contribution in [1.82, 2.24) is 5.32 Å². The highest BCUT2D eigenvalue weighted by molar-refractivity contribution is 5.86. The lowest BCUT2D eigenvalue weighted by molar-refractivity contribution is -0.157. The maximum Gasteiger partial charge on any atom is 0.411 e. The van der Waals surface area contributed by atoms with Crippen LogP contribution in [0.5, 0.6) is 0 Å². The summed E-state index contributed by atoms with van der Waals surface area (Å²) in [5.74, 6) is 2.23. The molecular formula is C31H42N2O5. The van der Waals surface area contributed by atoms with E-state index in [9.17, 15) is 14.4 Å². The second kappa shape index (κ2) is 12.0. The summed E-state index contributed by atoms with van der Waals surface area (Å²) < 4.78 is 11.0. The smallest absolute Gasteiger partial charge is 0.411 e. The van der Waals surface area contributed by atoms with Crippen LogP contribution in [0.1, 0.15) is 76.2 Å². The maximum absolute atomic E-state index is 13.8. The van der Waals surface area contributed by atoms with E-state index in [1.807, 2.05) is 24.3 Å². The highest BCUT2D eigenvalue weighted by Gasteiger charge is 2.54. The number of benzene rings is 1. The van der Waals surface area contributed by atoms with Crippen LogP contribution in [0.2, 0.25) is 0 Å². The second-order valence-corrected chi connectivity index (χ2v) is 12.1. The van der Waals surface area contributed by atoms with Crippen molar-refractivity contribution < 1.29 is 23.9 Å². The van der Waals surface area contributed by atoms with Gasteiger partial charge in [-0.3, -0.25) is 14.9 Å². The van der Waals surface area contributed by atoms with Gasteiger partial charge in [0.25, 0.3) is 0 Å².